The number of oxime groups is 1. The second kappa shape index (κ2) is 5.35. The summed E-state index contributed by atoms with van der Waals surface area (Å²) >= 11 is 0. The first-order chi connectivity index (χ1) is 8.38. The molecular weight excluding hydrogens is 236 g/mol. The molecule has 1 rings (SSSR count). The Bertz CT molecular complexity index is 471. The summed E-state index contributed by atoms with van der Waals surface area (Å²) in [6, 6.07) is 1.40. The van der Waals surface area contributed by atoms with Crippen LogP contribution < -0.4 is 11.1 Å². The zero-order valence-corrected chi connectivity index (χ0v) is 10.2. The summed E-state index contributed by atoms with van der Waals surface area (Å²) in [5.41, 5.74) is 4.93. The highest BCUT2D eigenvalue weighted by Crippen LogP contribution is 2.16. The smallest absolute Gasteiger partial charge is 0.255 e. The van der Waals surface area contributed by atoms with Gasteiger partial charge >= 0.3 is 0 Å². The maximum atomic E-state index is 11.8. The fraction of sp³-hybridized carbons (Fsp3) is 0.364. The lowest BCUT2D eigenvalue weighted by atomic mass is 9.92. The number of nitrogens with zero attached hydrogens (tertiary/aromatic N) is 2. The van der Waals surface area contributed by atoms with Crippen molar-refractivity contribution in [3.05, 3.63) is 24.0 Å². The molecule has 1 aromatic heterocycles. The van der Waals surface area contributed by atoms with Crippen LogP contribution in [0.3, 0.4) is 0 Å². The molecule has 0 bridgehead atoms. The number of amides is 1. The largest absolute Gasteiger partial charge is 0.505 e. The van der Waals surface area contributed by atoms with Gasteiger partial charge in [-0.2, -0.15) is 0 Å². The van der Waals surface area contributed by atoms with Crippen LogP contribution in [0.2, 0.25) is 0 Å². The fourth-order valence-corrected chi connectivity index (χ4v) is 1.20. The number of nitrogens with two attached hydrogens (primary N) is 1. The number of rotatable bonds is 4. The summed E-state index contributed by atoms with van der Waals surface area (Å²) in [7, 11) is 0. The third kappa shape index (κ3) is 3.09. The van der Waals surface area contributed by atoms with Crippen LogP contribution in [-0.4, -0.2) is 33.6 Å². The average molecular weight is 252 g/mol. The van der Waals surface area contributed by atoms with Gasteiger partial charge in [0.15, 0.2) is 0 Å². The van der Waals surface area contributed by atoms with Crippen LogP contribution in [0.25, 0.3) is 0 Å². The molecule has 0 aliphatic heterocycles. The van der Waals surface area contributed by atoms with Crippen molar-refractivity contribution in [3.8, 4) is 5.75 Å². The van der Waals surface area contributed by atoms with Crippen LogP contribution in [0.15, 0.2) is 23.6 Å². The van der Waals surface area contributed by atoms with Gasteiger partial charge in [-0.3, -0.25) is 9.78 Å². The summed E-state index contributed by atoms with van der Waals surface area (Å²) in [6.07, 6.45) is 2.59. The molecule has 1 amide bonds. The van der Waals surface area contributed by atoms with Crippen LogP contribution in [0.4, 0.5) is 0 Å². The van der Waals surface area contributed by atoms with Crippen LogP contribution >= 0.6 is 0 Å². The maximum absolute atomic E-state index is 11.8. The zero-order valence-electron chi connectivity index (χ0n) is 10.2. The van der Waals surface area contributed by atoms with Crippen LogP contribution in [0, 0.1) is 5.41 Å². The van der Waals surface area contributed by atoms with Gasteiger partial charge in [-0.1, -0.05) is 19.0 Å². The molecule has 18 heavy (non-hydrogen) atoms. The van der Waals surface area contributed by atoms with E-state index in [1.165, 1.54) is 18.5 Å². The van der Waals surface area contributed by atoms with Crippen molar-refractivity contribution in [2.75, 3.05) is 6.54 Å². The molecule has 0 saturated carbocycles. The number of carbonyl (C=O) groups excluding carboxylic acids is 1. The minimum Gasteiger partial charge on any atom is -0.505 e. The topological polar surface area (TPSA) is 121 Å². The Morgan fingerprint density at radius 3 is 2.83 bits per heavy atom. The number of hydrogen-bond acceptors (Lipinski definition) is 5. The van der Waals surface area contributed by atoms with Gasteiger partial charge in [0.05, 0.1) is 11.8 Å². The lowest BCUT2D eigenvalue weighted by molar-refractivity contribution is 0.0941. The summed E-state index contributed by atoms with van der Waals surface area (Å²) in [4.78, 5) is 15.5. The molecule has 1 heterocycles. The number of pyridine rings is 1. The van der Waals surface area contributed by atoms with E-state index in [1.54, 1.807) is 13.8 Å². The highest BCUT2D eigenvalue weighted by atomic mass is 16.4. The van der Waals surface area contributed by atoms with E-state index in [2.05, 4.69) is 15.5 Å². The Morgan fingerprint density at radius 2 is 2.28 bits per heavy atom. The first kappa shape index (κ1) is 13.8. The summed E-state index contributed by atoms with van der Waals surface area (Å²) in [5.74, 6) is -0.632. The Hall–Kier alpha value is -2.31. The van der Waals surface area contributed by atoms with E-state index in [0.29, 0.717) is 0 Å². The van der Waals surface area contributed by atoms with Crippen molar-refractivity contribution in [2.45, 2.75) is 13.8 Å². The van der Waals surface area contributed by atoms with E-state index in [1.807, 2.05) is 0 Å². The van der Waals surface area contributed by atoms with E-state index in [9.17, 15) is 9.90 Å². The monoisotopic (exact) mass is 252 g/mol. The lowest BCUT2D eigenvalue weighted by Gasteiger charge is -2.23. The molecule has 7 nitrogen and oxygen atoms in total. The molecule has 0 atom stereocenters. The standard InChI is InChI=1S/C11H16N4O3/c1-11(2,10(12)15-18)6-14-9(17)7-3-4-13-5-8(7)16/h3-5,16,18H,6H2,1-2H3,(H2,12,15)(H,14,17). The Kier molecular flexibility index (Phi) is 4.09. The molecule has 0 aliphatic carbocycles. The molecule has 7 heteroatoms. The highest BCUT2D eigenvalue weighted by molar-refractivity contribution is 5.97. The molecule has 1 aromatic rings. The number of nitrogens with one attached hydrogen (secondary N) is 1. The second-order valence-corrected chi connectivity index (χ2v) is 4.44. The SMILES string of the molecule is CC(C)(CNC(=O)c1ccncc1O)/C(N)=N/O. The first-order valence-corrected chi connectivity index (χ1v) is 5.27. The molecule has 98 valence electrons. The van der Waals surface area contributed by atoms with Gasteiger partial charge in [0.2, 0.25) is 0 Å². The molecule has 0 unspecified atom stereocenters. The number of carbonyl (C=O) groups is 1. The summed E-state index contributed by atoms with van der Waals surface area (Å²) < 4.78 is 0. The Morgan fingerprint density at radius 1 is 1.61 bits per heavy atom. The van der Waals surface area contributed by atoms with Gasteiger partial charge in [-0.05, 0) is 6.07 Å². The van der Waals surface area contributed by atoms with Crippen molar-refractivity contribution in [1.82, 2.24) is 10.3 Å². The highest BCUT2D eigenvalue weighted by Gasteiger charge is 2.25. The average Bonchev–Trinajstić information content (AvgIpc) is 2.35. The van der Waals surface area contributed by atoms with Crippen LogP contribution in [0.1, 0.15) is 24.2 Å². The number of hydrogen-bond donors (Lipinski definition) is 4. The molecule has 0 spiro atoms. The van der Waals surface area contributed by atoms with Crippen molar-refractivity contribution in [2.24, 2.45) is 16.3 Å². The van der Waals surface area contributed by atoms with Crippen LogP contribution in [-0.2, 0) is 0 Å². The van der Waals surface area contributed by atoms with Crippen molar-refractivity contribution >= 4 is 11.7 Å². The fourth-order valence-electron chi connectivity index (χ4n) is 1.20. The minimum atomic E-state index is -0.687. The molecule has 5 N–H and O–H groups in total. The predicted octanol–water partition coefficient (Wildman–Crippen LogP) is 0.290. The van der Waals surface area contributed by atoms with E-state index in [4.69, 9.17) is 10.9 Å². The summed E-state index contributed by atoms with van der Waals surface area (Å²) in [6.45, 7) is 3.60. The molecule has 0 saturated heterocycles. The van der Waals surface area contributed by atoms with Gasteiger partial charge in [-0.25, -0.2) is 0 Å². The third-order valence-electron chi connectivity index (χ3n) is 2.54. The first-order valence-electron chi connectivity index (χ1n) is 5.27. The van der Waals surface area contributed by atoms with Gasteiger partial charge in [0.25, 0.3) is 5.91 Å². The Labute approximate surface area is 104 Å². The van der Waals surface area contributed by atoms with E-state index in [-0.39, 0.29) is 23.7 Å². The minimum absolute atomic E-state index is 0.0155. The van der Waals surface area contributed by atoms with E-state index >= 15 is 0 Å². The maximum Gasteiger partial charge on any atom is 0.255 e. The van der Waals surface area contributed by atoms with Crippen molar-refractivity contribution in [3.63, 3.8) is 0 Å². The number of amidine groups is 1. The molecule has 0 fully saturated rings. The van der Waals surface area contributed by atoms with Crippen molar-refractivity contribution < 1.29 is 15.1 Å². The molecular formula is C11H16N4O3. The van der Waals surface area contributed by atoms with Crippen LogP contribution in [0.5, 0.6) is 5.75 Å². The van der Waals surface area contributed by atoms with Gasteiger partial charge < -0.3 is 21.4 Å². The van der Waals surface area contributed by atoms with E-state index < -0.39 is 11.3 Å². The lowest BCUT2D eigenvalue weighted by Crippen LogP contribution is -2.42. The summed E-state index contributed by atoms with van der Waals surface area (Å²) in [5, 5.41) is 23.6. The van der Waals surface area contributed by atoms with E-state index in [0.717, 1.165) is 0 Å². The quantitative estimate of drug-likeness (QED) is 0.265. The number of aromatic nitrogens is 1. The van der Waals surface area contributed by atoms with Crippen molar-refractivity contribution in [1.29, 1.82) is 0 Å². The van der Waals surface area contributed by atoms with Gasteiger partial charge in [0, 0.05) is 18.2 Å². The molecule has 0 aromatic carbocycles. The third-order valence-corrected chi connectivity index (χ3v) is 2.54. The normalized spacial score (nSPS) is 12.2. The molecule has 0 radical (unpaired) electrons. The second-order valence-electron chi connectivity index (χ2n) is 4.44. The Balaban J connectivity index is 2.71. The van der Waals surface area contributed by atoms with Gasteiger partial charge in [-0.15, -0.1) is 0 Å². The predicted molar refractivity (Wildman–Crippen MR) is 65.4 cm³/mol. The van der Waals surface area contributed by atoms with Gasteiger partial charge in [0.1, 0.15) is 11.6 Å². The molecule has 0 aliphatic rings. The zero-order chi connectivity index (χ0) is 13.8. The number of aromatic hydroxyl groups is 1.